The number of esters is 4. The van der Waals surface area contributed by atoms with Crippen LogP contribution in [0.25, 0.3) is 0 Å². The lowest BCUT2D eigenvalue weighted by Gasteiger charge is -2.45. The van der Waals surface area contributed by atoms with E-state index in [1.165, 1.54) is 51.4 Å². The summed E-state index contributed by atoms with van der Waals surface area (Å²) in [7, 11) is -5.46. The number of carboxylic acid groups (broad SMARTS) is 1. The maximum absolute atomic E-state index is 14.6. The van der Waals surface area contributed by atoms with Crippen LogP contribution in [0.15, 0.2) is 0 Å². The molecule has 0 aromatic heterocycles. The molecule has 0 bridgehead atoms. The second-order valence-electron chi connectivity index (χ2n) is 25.8. The standard InChI is InChI=1S/C70H129N2O18P/c1-7-13-19-22-25-28-31-34-40-43-56(86-63(76)46-37-16-10-4)50-61(74)71-59(70(80)81)54-85-60-49-55(53-73)68(90-91(82,83)84)69(89-66(79)52-58(88-65(78)48-39-18-12-6)45-42-36-33-30-27-24-21-15-9-3)67(60)72-62(75)51-57(87-64(77)47-38-17-11-5)44-41-35-32-29-26-23-20-14-8-2/h55-60,67-69,73H,7-54H2,1-6H3,(H,71,74)(H,72,75)(H,80,81)(H2,82,83,84)/t55?,56-,57-,58-,59+,60-,67?,68-,69?/m1/s1. The van der Waals surface area contributed by atoms with Gasteiger partial charge >= 0.3 is 37.7 Å². The van der Waals surface area contributed by atoms with E-state index in [0.29, 0.717) is 57.8 Å². The number of carbonyl (C=O) groups excluding carboxylic acids is 6. The molecule has 6 N–H and O–H groups in total. The number of unbranched alkanes of at least 4 members (excludes halogenated alkanes) is 30. The zero-order valence-corrected chi connectivity index (χ0v) is 58.5. The van der Waals surface area contributed by atoms with Crippen LogP contribution in [0.5, 0.6) is 0 Å². The Morgan fingerprint density at radius 2 is 0.791 bits per heavy atom. The molecule has 1 aliphatic carbocycles. The Morgan fingerprint density at radius 3 is 1.14 bits per heavy atom. The predicted octanol–water partition coefficient (Wildman–Crippen LogP) is 15.2. The normalized spacial score (nSPS) is 18.0. The molecular formula is C70H129N2O18P. The summed E-state index contributed by atoms with van der Waals surface area (Å²) in [5.41, 5.74) is 0. The highest BCUT2D eigenvalue weighted by atomic mass is 31.2. The molecule has 21 heteroatoms. The van der Waals surface area contributed by atoms with Gasteiger partial charge in [-0.2, -0.15) is 0 Å². The fourth-order valence-corrected chi connectivity index (χ4v) is 12.5. The van der Waals surface area contributed by atoms with Gasteiger partial charge in [0.25, 0.3) is 0 Å². The van der Waals surface area contributed by atoms with Crippen molar-refractivity contribution < 1.29 is 86.3 Å². The van der Waals surface area contributed by atoms with Crippen molar-refractivity contribution >= 4 is 49.5 Å². The number of ether oxygens (including phenoxy) is 5. The third-order valence-electron chi connectivity index (χ3n) is 17.2. The van der Waals surface area contributed by atoms with E-state index in [2.05, 4.69) is 31.4 Å². The largest absolute Gasteiger partial charge is 0.480 e. The Morgan fingerprint density at radius 1 is 0.451 bits per heavy atom. The first-order chi connectivity index (χ1) is 43.8. The van der Waals surface area contributed by atoms with E-state index in [1.54, 1.807) is 0 Å². The minimum Gasteiger partial charge on any atom is -0.480 e. The Hall–Kier alpha value is -3.68. The fourth-order valence-electron chi connectivity index (χ4n) is 11.9. The highest BCUT2D eigenvalue weighted by molar-refractivity contribution is 7.46. The number of phosphoric ester groups is 1. The molecule has 91 heavy (non-hydrogen) atoms. The van der Waals surface area contributed by atoms with Crippen LogP contribution >= 0.6 is 7.82 Å². The van der Waals surface area contributed by atoms with E-state index in [9.17, 15) is 58.1 Å². The van der Waals surface area contributed by atoms with Crippen LogP contribution in [-0.4, -0.2) is 124 Å². The van der Waals surface area contributed by atoms with Gasteiger partial charge in [0, 0.05) is 31.8 Å². The number of hydrogen-bond donors (Lipinski definition) is 6. The van der Waals surface area contributed by atoms with Gasteiger partial charge in [0.2, 0.25) is 11.8 Å². The molecule has 20 nitrogen and oxygen atoms in total. The molecule has 1 aliphatic rings. The van der Waals surface area contributed by atoms with Crippen LogP contribution in [-0.2, 0) is 66.3 Å². The number of aliphatic carboxylic acids is 1. The summed E-state index contributed by atoms with van der Waals surface area (Å²) in [5.74, 6) is -6.61. The minimum atomic E-state index is -5.46. The van der Waals surface area contributed by atoms with E-state index < -0.39 is 124 Å². The third kappa shape index (κ3) is 45.4. The third-order valence-corrected chi connectivity index (χ3v) is 17.8. The zero-order valence-electron chi connectivity index (χ0n) is 57.6. The summed E-state index contributed by atoms with van der Waals surface area (Å²) in [4.78, 5) is 116. The smallest absolute Gasteiger partial charge is 0.469 e. The molecule has 3 unspecified atom stereocenters. The lowest BCUT2D eigenvalue weighted by atomic mass is 9.79. The van der Waals surface area contributed by atoms with E-state index >= 15 is 0 Å². The van der Waals surface area contributed by atoms with Crippen molar-refractivity contribution in [2.24, 2.45) is 5.92 Å². The molecule has 9 atom stereocenters. The summed E-state index contributed by atoms with van der Waals surface area (Å²) in [6, 6.07) is -3.29. The summed E-state index contributed by atoms with van der Waals surface area (Å²) >= 11 is 0. The molecular weight excluding hydrogens is 1190 g/mol. The summed E-state index contributed by atoms with van der Waals surface area (Å²) in [6.45, 7) is 11.0. The molecule has 0 saturated heterocycles. The van der Waals surface area contributed by atoms with Gasteiger partial charge in [-0.15, -0.1) is 0 Å². The molecule has 1 saturated carbocycles. The van der Waals surface area contributed by atoms with Crippen molar-refractivity contribution in [1.82, 2.24) is 10.6 Å². The van der Waals surface area contributed by atoms with Gasteiger partial charge in [0.05, 0.1) is 38.0 Å². The minimum absolute atomic E-state index is 0.127. The van der Waals surface area contributed by atoms with E-state index in [4.69, 9.17) is 28.2 Å². The van der Waals surface area contributed by atoms with Crippen LogP contribution in [0.4, 0.5) is 0 Å². The fraction of sp³-hybridized carbons (Fsp3) is 0.900. The first-order valence-electron chi connectivity index (χ1n) is 36.4. The quantitative estimate of drug-likeness (QED) is 0.0143. The van der Waals surface area contributed by atoms with E-state index in [-0.39, 0.29) is 38.5 Å². The highest BCUT2D eigenvalue weighted by Crippen LogP contribution is 2.44. The topological polar surface area (TPSA) is 297 Å². The number of rotatable bonds is 61. The number of hydrogen-bond acceptors (Lipinski definition) is 15. The number of phosphoric acid groups is 1. The molecule has 0 aromatic carbocycles. The molecule has 1 fully saturated rings. The molecule has 0 aromatic rings. The van der Waals surface area contributed by atoms with Crippen molar-refractivity contribution in [2.75, 3.05) is 13.2 Å². The average molecular weight is 1320 g/mol. The Bertz CT molecular complexity index is 1960. The number of amides is 2. The van der Waals surface area contributed by atoms with Crippen molar-refractivity contribution in [3.63, 3.8) is 0 Å². The lowest BCUT2D eigenvalue weighted by Crippen LogP contribution is -2.64. The van der Waals surface area contributed by atoms with Gasteiger partial charge in [-0.25, -0.2) is 9.36 Å². The van der Waals surface area contributed by atoms with Gasteiger partial charge < -0.3 is 54.3 Å². The van der Waals surface area contributed by atoms with Crippen LogP contribution in [0.2, 0.25) is 0 Å². The van der Waals surface area contributed by atoms with Crippen LogP contribution in [0, 0.1) is 5.92 Å². The first kappa shape index (κ1) is 85.3. The second-order valence-corrected chi connectivity index (χ2v) is 27.0. The number of carbonyl (C=O) groups is 7. The van der Waals surface area contributed by atoms with Crippen molar-refractivity contribution in [3.8, 4) is 0 Å². The summed E-state index contributed by atoms with van der Waals surface area (Å²) in [6.07, 6.45) is 27.2. The number of aliphatic hydroxyl groups excluding tert-OH is 1. The summed E-state index contributed by atoms with van der Waals surface area (Å²) in [5, 5.41) is 26.9. The molecule has 1 rings (SSSR count). The van der Waals surface area contributed by atoms with Gasteiger partial charge in [0.1, 0.15) is 24.4 Å². The van der Waals surface area contributed by atoms with E-state index in [1.807, 2.05) is 20.8 Å². The average Bonchev–Trinajstić information content (AvgIpc) is 0.839. The number of aliphatic hydroxyl groups is 1. The molecule has 532 valence electrons. The van der Waals surface area contributed by atoms with Crippen LogP contribution in [0.1, 0.15) is 337 Å². The zero-order chi connectivity index (χ0) is 67.3. The maximum atomic E-state index is 14.6. The van der Waals surface area contributed by atoms with Crippen molar-refractivity contribution in [3.05, 3.63) is 0 Å². The molecule has 0 radical (unpaired) electrons. The Kier molecular flexibility index (Phi) is 52.1. The lowest BCUT2D eigenvalue weighted by molar-refractivity contribution is -0.181. The monoisotopic (exact) mass is 1320 g/mol. The number of nitrogens with one attached hydrogen (secondary N) is 2. The van der Waals surface area contributed by atoms with Gasteiger partial charge in [0.15, 0.2) is 12.1 Å². The summed E-state index contributed by atoms with van der Waals surface area (Å²) < 4.78 is 48.4. The van der Waals surface area contributed by atoms with E-state index in [0.717, 1.165) is 141 Å². The molecule has 0 heterocycles. The van der Waals surface area contributed by atoms with Crippen LogP contribution < -0.4 is 10.6 Å². The Balaban J connectivity index is 3.78. The molecule has 0 aliphatic heterocycles. The van der Waals surface area contributed by atoms with Crippen LogP contribution in [0.3, 0.4) is 0 Å². The van der Waals surface area contributed by atoms with Gasteiger partial charge in [-0.05, 0) is 64.2 Å². The van der Waals surface area contributed by atoms with Crippen molar-refractivity contribution in [2.45, 2.75) is 386 Å². The first-order valence-corrected chi connectivity index (χ1v) is 37.9. The second kappa shape index (κ2) is 55.6. The Labute approximate surface area is 549 Å². The van der Waals surface area contributed by atoms with Gasteiger partial charge in [-0.3, -0.25) is 33.3 Å². The maximum Gasteiger partial charge on any atom is 0.469 e. The molecule has 2 amide bonds. The molecule has 0 spiro atoms. The highest BCUT2D eigenvalue weighted by Gasteiger charge is 2.51. The van der Waals surface area contributed by atoms with Crippen molar-refractivity contribution in [1.29, 1.82) is 0 Å². The van der Waals surface area contributed by atoms with Gasteiger partial charge in [-0.1, -0.05) is 234 Å². The number of carboxylic acids is 1. The predicted molar refractivity (Wildman–Crippen MR) is 355 cm³/mol. The SMILES string of the molecule is CCCCCCCCCCC[C@H](CC(=O)NC1C(OC(=O)C[C@@H](CCCCCCCCCCC)OC(=O)CCCCC)[C@H](OP(=O)(O)O)C(CO)C[C@H]1OC[C@H](NC(=O)C[C@@H](CCCCCCCCCCC)OC(=O)CCCCC)C(=O)O)OC(=O)CCCCC.